The van der Waals surface area contributed by atoms with E-state index in [2.05, 4.69) is 19.2 Å². The summed E-state index contributed by atoms with van der Waals surface area (Å²) in [4.78, 5) is 12.9. The smallest absolute Gasteiger partial charge is 0.220 e. The Balaban J connectivity index is 1.97. The minimum Gasteiger partial charge on any atom is -0.394 e. The molecule has 1 amide bonds. The standard InChI is InChI=1S/C37H69NO13/c1-3-5-7-9-11-12-13-14-15-16-18-20-26(41)25(38-29(42)21-19-17-10-8-6-4-2)24-48-36-34(47)32(45)35(28(23-40)50-36)51-37-33(46)31(44)30(43)27(22-39)49-37/h18,20,25-28,30-37,39-41,43-47H,3-17,19,21-24H2,1-2H3,(H,38,42)/b20-18+. The van der Waals surface area contributed by atoms with Crippen LogP contribution < -0.4 is 5.32 Å². The Kier molecular flexibility index (Phi) is 23.8. The van der Waals surface area contributed by atoms with E-state index in [0.717, 1.165) is 51.4 Å². The van der Waals surface area contributed by atoms with Crippen molar-refractivity contribution in [2.45, 2.75) is 197 Å². The number of hydrogen-bond acceptors (Lipinski definition) is 13. The number of carbonyl (C=O) groups excluding carboxylic acids is 1. The lowest BCUT2D eigenvalue weighted by molar-refractivity contribution is -0.359. The maximum atomic E-state index is 12.9. The van der Waals surface area contributed by atoms with E-state index >= 15 is 0 Å². The van der Waals surface area contributed by atoms with Crippen LogP contribution in [0, 0.1) is 0 Å². The van der Waals surface area contributed by atoms with Gasteiger partial charge in [0.25, 0.3) is 0 Å². The summed E-state index contributed by atoms with van der Waals surface area (Å²) in [7, 11) is 0. The molecule has 2 saturated heterocycles. The zero-order valence-electron chi connectivity index (χ0n) is 30.8. The summed E-state index contributed by atoms with van der Waals surface area (Å²) in [6.07, 6.45) is 4.57. The maximum Gasteiger partial charge on any atom is 0.220 e. The van der Waals surface area contributed by atoms with Crippen molar-refractivity contribution in [2.24, 2.45) is 0 Å². The maximum absolute atomic E-state index is 12.9. The van der Waals surface area contributed by atoms with Gasteiger partial charge in [-0.2, -0.15) is 0 Å². The van der Waals surface area contributed by atoms with Crippen LogP contribution in [0.15, 0.2) is 12.2 Å². The first-order valence-corrected chi connectivity index (χ1v) is 19.4. The molecule has 0 aromatic rings. The average molecular weight is 736 g/mol. The molecule has 0 aromatic heterocycles. The van der Waals surface area contributed by atoms with E-state index in [4.69, 9.17) is 18.9 Å². The number of rotatable bonds is 27. The molecule has 0 radical (unpaired) electrons. The van der Waals surface area contributed by atoms with E-state index in [-0.39, 0.29) is 18.9 Å². The van der Waals surface area contributed by atoms with E-state index in [1.807, 2.05) is 6.08 Å². The molecule has 2 aliphatic heterocycles. The molecular formula is C37H69NO13. The Labute approximate surface area is 304 Å². The monoisotopic (exact) mass is 735 g/mol. The van der Waals surface area contributed by atoms with Crippen LogP contribution in [0.2, 0.25) is 0 Å². The lowest BCUT2D eigenvalue weighted by atomic mass is 9.97. The SMILES string of the molecule is CCCCCCCCCCC/C=C/C(O)C(COC1OC(CO)C(OC2OC(CO)C(O)C(O)C2O)C(O)C1O)NC(=O)CCCCCCCC. The fourth-order valence-corrected chi connectivity index (χ4v) is 6.40. The van der Waals surface area contributed by atoms with E-state index in [1.165, 1.54) is 44.9 Å². The van der Waals surface area contributed by atoms with Gasteiger partial charge >= 0.3 is 0 Å². The van der Waals surface area contributed by atoms with Crippen LogP contribution in [0.3, 0.4) is 0 Å². The van der Waals surface area contributed by atoms with Crippen molar-refractivity contribution in [1.29, 1.82) is 0 Å². The van der Waals surface area contributed by atoms with Crippen molar-refractivity contribution < 1.29 is 64.6 Å². The summed E-state index contributed by atoms with van der Waals surface area (Å²) in [5.74, 6) is -0.253. The van der Waals surface area contributed by atoms with Crippen molar-refractivity contribution in [3.8, 4) is 0 Å². The van der Waals surface area contributed by atoms with Gasteiger partial charge in [0.2, 0.25) is 5.91 Å². The van der Waals surface area contributed by atoms with Gasteiger partial charge in [-0.05, 0) is 19.3 Å². The molecule has 0 spiro atoms. The predicted octanol–water partition coefficient (Wildman–Crippen LogP) is 1.70. The summed E-state index contributed by atoms with van der Waals surface area (Å²) >= 11 is 0. The number of ether oxygens (including phenoxy) is 4. The highest BCUT2D eigenvalue weighted by atomic mass is 16.7. The predicted molar refractivity (Wildman–Crippen MR) is 189 cm³/mol. The van der Waals surface area contributed by atoms with Crippen LogP contribution in [0.1, 0.15) is 123 Å². The zero-order chi connectivity index (χ0) is 37.6. The molecule has 2 fully saturated rings. The highest BCUT2D eigenvalue weighted by Crippen LogP contribution is 2.29. The summed E-state index contributed by atoms with van der Waals surface area (Å²) < 4.78 is 22.5. The third kappa shape index (κ3) is 16.3. The van der Waals surface area contributed by atoms with Crippen molar-refractivity contribution in [1.82, 2.24) is 5.32 Å². The van der Waals surface area contributed by atoms with Crippen molar-refractivity contribution in [3.05, 3.63) is 12.2 Å². The second-order valence-corrected chi connectivity index (χ2v) is 14.1. The molecule has 2 heterocycles. The number of allylic oxidation sites excluding steroid dienone is 1. The first kappa shape index (κ1) is 45.9. The number of unbranched alkanes of at least 4 members (excludes halogenated alkanes) is 14. The fourth-order valence-electron chi connectivity index (χ4n) is 6.40. The fraction of sp³-hybridized carbons (Fsp3) is 0.919. The minimum atomic E-state index is -1.78. The number of hydrogen-bond donors (Lipinski definition) is 9. The Morgan fingerprint density at radius 2 is 1.22 bits per heavy atom. The average Bonchev–Trinajstić information content (AvgIpc) is 3.12. The largest absolute Gasteiger partial charge is 0.394 e. The van der Waals surface area contributed by atoms with E-state index in [1.54, 1.807) is 6.08 Å². The molecule has 2 aliphatic rings. The van der Waals surface area contributed by atoms with Crippen LogP contribution in [-0.2, 0) is 23.7 Å². The minimum absolute atomic E-state index is 0.253. The first-order valence-electron chi connectivity index (χ1n) is 19.4. The molecule has 14 nitrogen and oxygen atoms in total. The van der Waals surface area contributed by atoms with Gasteiger partial charge < -0.3 is 65.1 Å². The number of amides is 1. The van der Waals surface area contributed by atoms with Crippen molar-refractivity contribution in [2.75, 3.05) is 19.8 Å². The van der Waals surface area contributed by atoms with E-state index in [0.29, 0.717) is 6.42 Å². The molecule has 2 rings (SSSR count). The molecule has 0 aromatic carbocycles. The Bertz CT molecular complexity index is 925. The van der Waals surface area contributed by atoms with E-state index in [9.17, 15) is 45.6 Å². The summed E-state index contributed by atoms with van der Waals surface area (Å²) in [6, 6.07) is -0.902. The first-order chi connectivity index (χ1) is 24.6. The summed E-state index contributed by atoms with van der Waals surface area (Å²) in [5.41, 5.74) is 0. The van der Waals surface area contributed by atoms with Crippen LogP contribution in [0.25, 0.3) is 0 Å². The molecule has 300 valence electrons. The molecule has 12 atom stereocenters. The molecule has 0 bridgehead atoms. The summed E-state index contributed by atoms with van der Waals surface area (Å²) in [5, 5.41) is 85.8. The number of aliphatic hydroxyl groups is 8. The van der Waals surface area contributed by atoms with Crippen molar-refractivity contribution in [3.63, 3.8) is 0 Å². The number of aliphatic hydroxyl groups excluding tert-OH is 8. The molecule has 9 N–H and O–H groups in total. The van der Waals surface area contributed by atoms with Gasteiger partial charge in [0, 0.05) is 6.42 Å². The lowest BCUT2D eigenvalue weighted by Crippen LogP contribution is -2.65. The third-order valence-electron chi connectivity index (χ3n) is 9.72. The number of carbonyl (C=O) groups is 1. The van der Waals surface area contributed by atoms with Gasteiger partial charge in [-0.1, -0.05) is 109 Å². The van der Waals surface area contributed by atoms with Crippen molar-refractivity contribution >= 4 is 5.91 Å². The highest BCUT2D eigenvalue weighted by Gasteiger charge is 2.50. The van der Waals surface area contributed by atoms with Gasteiger partial charge in [0.15, 0.2) is 12.6 Å². The van der Waals surface area contributed by atoms with Gasteiger partial charge in [-0.15, -0.1) is 0 Å². The number of nitrogens with one attached hydrogen (secondary N) is 1. The molecule has 12 unspecified atom stereocenters. The topological polar surface area (TPSA) is 228 Å². The second-order valence-electron chi connectivity index (χ2n) is 14.1. The van der Waals surface area contributed by atoms with Crippen LogP contribution in [0.5, 0.6) is 0 Å². The molecule has 0 saturated carbocycles. The molecule has 0 aliphatic carbocycles. The normalized spacial score (nSPS) is 31.2. The Morgan fingerprint density at radius 1 is 0.686 bits per heavy atom. The molecule has 51 heavy (non-hydrogen) atoms. The van der Waals surface area contributed by atoms with Gasteiger partial charge in [0.1, 0.15) is 48.8 Å². The highest BCUT2D eigenvalue weighted by molar-refractivity contribution is 5.76. The second kappa shape index (κ2) is 26.5. The lowest BCUT2D eigenvalue weighted by Gasteiger charge is -2.46. The van der Waals surface area contributed by atoms with Gasteiger partial charge in [0.05, 0.1) is 32.0 Å². The van der Waals surface area contributed by atoms with Crippen LogP contribution >= 0.6 is 0 Å². The zero-order valence-corrected chi connectivity index (χ0v) is 30.8. The van der Waals surface area contributed by atoms with Crippen LogP contribution in [-0.4, -0.2) is 140 Å². The molecular weight excluding hydrogens is 666 g/mol. The van der Waals surface area contributed by atoms with Gasteiger partial charge in [-0.25, -0.2) is 0 Å². The van der Waals surface area contributed by atoms with E-state index < -0.39 is 86.8 Å². The summed E-state index contributed by atoms with van der Waals surface area (Å²) in [6.45, 7) is 2.65. The Morgan fingerprint density at radius 3 is 1.80 bits per heavy atom. The Hall–Kier alpha value is -1.27. The quantitative estimate of drug-likeness (QED) is 0.0433. The third-order valence-corrected chi connectivity index (χ3v) is 9.72. The van der Waals surface area contributed by atoms with Crippen LogP contribution in [0.4, 0.5) is 0 Å². The van der Waals surface area contributed by atoms with Gasteiger partial charge in [-0.3, -0.25) is 4.79 Å². The molecule has 14 heteroatoms.